The molecule has 0 saturated carbocycles. The summed E-state index contributed by atoms with van der Waals surface area (Å²) in [6, 6.07) is 0. The number of rotatable bonds is 57. The van der Waals surface area contributed by atoms with Crippen LogP contribution in [0.2, 0.25) is 0 Å². The van der Waals surface area contributed by atoms with Gasteiger partial charge in [-0.25, -0.2) is 4.57 Å². The van der Waals surface area contributed by atoms with Crippen molar-refractivity contribution in [3.05, 3.63) is 146 Å². The van der Waals surface area contributed by atoms with Crippen molar-refractivity contribution < 1.29 is 37.6 Å². The van der Waals surface area contributed by atoms with Crippen LogP contribution in [0.25, 0.3) is 0 Å². The molecular formula is C69H114NO8P. The fourth-order valence-corrected chi connectivity index (χ4v) is 8.94. The molecule has 0 aromatic heterocycles. The van der Waals surface area contributed by atoms with Crippen molar-refractivity contribution in [2.75, 3.05) is 26.4 Å². The molecule has 0 aliphatic carbocycles. The Morgan fingerprint density at radius 1 is 0.380 bits per heavy atom. The van der Waals surface area contributed by atoms with E-state index in [1.165, 1.54) is 103 Å². The van der Waals surface area contributed by atoms with Gasteiger partial charge >= 0.3 is 19.8 Å². The molecule has 2 unspecified atom stereocenters. The second kappa shape index (κ2) is 63.1. The summed E-state index contributed by atoms with van der Waals surface area (Å²) >= 11 is 0. The van der Waals surface area contributed by atoms with Gasteiger partial charge in [-0.05, 0) is 116 Å². The largest absolute Gasteiger partial charge is 0.472 e. The number of esters is 2. The molecule has 0 heterocycles. The third kappa shape index (κ3) is 62.9. The van der Waals surface area contributed by atoms with Crippen LogP contribution >= 0.6 is 7.82 Å². The van der Waals surface area contributed by atoms with Crippen molar-refractivity contribution in [3.63, 3.8) is 0 Å². The van der Waals surface area contributed by atoms with Gasteiger partial charge in [-0.2, -0.15) is 0 Å². The molecule has 0 radical (unpaired) electrons. The number of hydrogen-bond acceptors (Lipinski definition) is 8. The molecule has 0 amide bonds. The number of nitrogens with two attached hydrogens (primary N) is 1. The van der Waals surface area contributed by atoms with Gasteiger partial charge in [0, 0.05) is 19.4 Å². The first-order valence-corrected chi connectivity index (χ1v) is 32.8. The summed E-state index contributed by atoms with van der Waals surface area (Å²) in [4.78, 5) is 35.3. The summed E-state index contributed by atoms with van der Waals surface area (Å²) in [6.07, 6.45) is 90.6. The van der Waals surface area contributed by atoms with Gasteiger partial charge in [0.1, 0.15) is 6.61 Å². The monoisotopic (exact) mass is 1120 g/mol. The molecular weight excluding hydrogens is 1000 g/mol. The smallest absolute Gasteiger partial charge is 0.462 e. The lowest BCUT2D eigenvalue weighted by Gasteiger charge is -2.19. The predicted octanol–water partition coefficient (Wildman–Crippen LogP) is 20.3. The van der Waals surface area contributed by atoms with Gasteiger partial charge in [0.15, 0.2) is 6.10 Å². The molecule has 0 fully saturated rings. The summed E-state index contributed by atoms with van der Waals surface area (Å²) in [6.45, 7) is 3.46. The highest BCUT2D eigenvalue weighted by Gasteiger charge is 2.26. The lowest BCUT2D eigenvalue weighted by atomic mass is 10.0. The van der Waals surface area contributed by atoms with Crippen molar-refractivity contribution in [2.24, 2.45) is 5.73 Å². The van der Waals surface area contributed by atoms with E-state index in [2.05, 4.69) is 160 Å². The molecule has 448 valence electrons. The number of carbonyl (C=O) groups excluding carboxylic acids is 2. The number of phosphoric acid groups is 1. The minimum absolute atomic E-state index is 0.0391. The third-order valence-electron chi connectivity index (χ3n) is 12.7. The Bertz CT molecular complexity index is 1800. The standard InChI is InChI=1S/C69H114NO8P/c1-3-5-7-9-11-13-15-17-19-21-23-25-27-29-31-32-33-34-36-37-39-41-43-45-47-49-51-53-55-57-59-61-68(71)75-65-67(66-77-79(73,74)76-64-63-70)78-69(72)62-60-58-56-54-52-50-48-46-44-42-40-38-35-30-28-26-24-22-20-18-16-14-12-10-8-6-4-2/h5-8,11-14,17-20,23-26,30,35,40,42,46,48,52,54,67H,3-4,9-10,15-16,21-22,27-29,31-34,36-39,41,43-45,47,49-51,53,55-66,70H2,1-2H3,(H,73,74)/b7-5-,8-6-,13-11-,14-12-,19-17-,20-18-,25-23-,26-24-,35-30-,42-40-,48-46-,54-52-. The number of hydrogen-bond donors (Lipinski definition) is 2. The molecule has 3 N–H and O–H groups in total. The molecule has 0 aliphatic heterocycles. The number of phosphoric ester groups is 1. The van der Waals surface area contributed by atoms with Crippen LogP contribution in [-0.4, -0.2) is 49.3 Å². The quantitative estimate of drug-likeness (QED) is 0.0264. The Morgan fingerprint density at radius 2 is 0.658 bits per heavy atom. The minimum atomic E-state index is -4.41. The summed E-state index contributed by atoms with van der Waals surface area (Å²) in [5, 5.41) is 0. The van der Waals surface area contributed by atoms with Gasteiger partial charge in [0.25, 0.3) is 0 Å². The maximum atomic E-state index is 12.7. The Kier molecular flexibility index (Phi) is 59.8. The van der Waals surface area contributed by atoms with Crippen LogP contribution in [0.15, 0.2) is 146 Å². The van der Waals surface area contributed by atoms with Gasteiger partial charge in [0.2, 0.25) is 0 Å². The van der Waals surface area contributed by atoms with E-state index in [4.69, 9.17) is 24.3 Å². The zero-order chi connectivity index (χ0) is 57.3. The number of allylic oxidation sites excluding steroid dienone is 24. The molecule has 9 nitrogen and oxygen atoms in total. The molecule has 10 heteroatoms. The molecule has 79 heavy (non-hydrogen) atoms. The summed E-state index contributed by atoms with van der Waals surface area (Å²) < 4.78 is 33.0. The minimum Gasteiger partial charge on any atom is -0.462 e. The van der Waals surface area contributed by atoms with Crippen molar-refractivity contribution in [1.29, 1.82) is 0 Å². The predicted molar refractivity (Wildman–Crippen MR) is 339 cm³/mol. The molecule has 0 rings (SSSR count). The molecule has 0 bridgehead atoms. The molecule has 0 spiro atoms. The van der Waals surface area contributed by atoms with E-state index < -0.39 is 32.5 Å². The maximum absolute atomic E-state index is 12.7. The third-order valence-corrected chi connectivity index (χ3v) is 13.7. The van der Waals surface area contributed by atoms with Gasteiger partial charge in [-0.1, -0.05) is 262 Å². The first-order chi connectivity index (χ1) is 38.8. The second-order valence-electron chi connectivity index (χ2n) is 20.2. The van der Waals surface area contributed by atoms with E-state index in [1.807, 2.05) is 0 Å². The van der Waals surface area contributed by atoms with Crippen LogP contribution in [0.4, 0.5) is 0 Å². The molecule has 0 aliphatic rings. The maximum Gasteiger partial charge on any atom is 0.472 e. The van der Waals surface area contributed by atoms with E-state index >= 15 is 0 Å². The molecule has 0 aromatic rings. The average Bonchev–Trinajstić information content (AvgIpc) is 3.44. The zero-order valence-corrected chi connectivity index (χ0v) is 50.9. The van der Waals surface area contributed by atoms with E-state index in [0.29, 0.717) is 6.42 Å². The van der Waals surface area contributed by atoms with Gasteiger partial charge in [-0.15, -0.1) is 0 Å². The van der Waals surface area contributed by atoms with Crippen LogP contribution in [0.3, 0.4) is 0 Å². The summed E-state index contributed by atoms with van der Waals surface area (Å²) in [7, 11) is -4.41. The van der Waals surface area contributed by atoms with Crippen LogP contribution < -0.4 is 5.73 Å². The SMILES string of the molecule is CC/C=C\C/C=C\C/C=C\C/C=C\C/C=C\C/C=C\C/C=C\C/C=C\CCCCC(=O)OC(COC(=O)CCCCCCCCCCCCCCCCCCCC/C=C\C/C=C\C/C=C\C/C=C\CC)COP(=O)(O)OCCN. The highest BCUT2D eigenvalue weighted by atomic mass is 31.2. The molecule has 0 aromatic carbocycles. The topological polar surface area (TPSA) is 134 Å². The Balaban J connectivity index is 4.03. The first-order valence-electron chi connectivity index (χ1n) is 31.3. The highest BCUT2D eigenvalue weighted by molar-refractivity contribution is 7.47. The Hall–Kier alpha value is -4.11. The van der Waals surface area contributed by atoms with E-state index in [1.54, 1.807) is 0 Å². The Morgan fingerprint density at radius 3 is 1.00 bits per heavy atom. The van der Waals surface area contributed by atoms with Crippen molar-refractivity contribution in [2.45, 2.75) is 251 Å². The lowest BCUT2D eigenvalue weighted by molar-refractivity contribution is -0.161. The average molecular weight is 1120 g/mol. The van der Waals surface area contributed by atoms with Crippen LogP contribution in [0.5, 0.6) is 0 Å². The van der Waals surface area contributed by atoms with E-state index in [0.717, 1.165) is 109 Å². The first kappa shape index (κ1) is 74.9. The van der Waals surface area contributed by atoms with Crippen LogP contribution in [0, 0.1) is 0 Å². The van der Waals surface area contributed by atoms with Crippen LogP contribution in [-0.2, 0) is 32.7 Å². The number of carbonyl (C=O) groups is 2. The summed E-state index contributed by atoms with van der Waals surface area (Å²) in [5.74, 6) is -0.884. The van der Waals surface area contributed by atoms with Crippen molar-refractivity contribution in [1.82, 2.24) is 0 Å². The van der Waals surface area contributed by atoms with Gasteiger partial charge in [-0.3, -0.25) is 18.6 Å². The number of unbranched alkanes of at least 4 members (excludes halogenated alkanes) is 20. The van der Waals surface area contributed by atoms with E-state index in [-0.39, 0.29) is 32.6 Å². The molecule has 0 saturated heterocycles. The highest BCUT2D eigenvalue weighted by Crippen LogP contribution is 2.43. The summed E-state index contributed by atoms with van der Waals surface area (Å²) in [5.41, 5.74) is 5.39. The van der Waals surface area contributed by atoms with Crippen molar-refractivity contribution in [3.8, 4) is 0 Å². The second-order valence-corrected chi connectivity index (χ2v) is 21.6. The zero-order valence-electron chi connectivity index (χ0n) is 50.0. The Labute approximate surface area is 484 Å². The van der Waals surface area contributed by atoms with Gasteiger partial charge < -0.3 is 20.1 Å². The fourth-order valence-electron chi connectivity index (χ4n) is 8.17. The number of ether oxygens (including phenoxy) is 2. The lowest BCUT2D eigenvalue weighted by Crippen LogP contribution is -2.29. The van der Waals surface area contributed by atoms with E-state index in [9.17, 15) is 19.0 Å². The van der Waals surface area contributed by atoms with Crippen molar-refractivity contribution >= 4 is 19.8 Å². The molecule has 2 atom stereocenters. The van der Waals surface area contributed by atoms with Crippen LogP contribution in [0.1, 0.15) is 245 Å². The normalized spacial score (nSPS) is 14.0. The fraction of sp³-hybridized carbons (Fsp3) is 0.623. The van der Waals surface area contributed by atoms with Gasteiger partial charge in [0.05, 0.1) is 13.2 Å².